The summed E-state index contributed by atoms with van der Waals surface area (Å²) in [6.45, 7) is 2.48. The number of thiazole rings is 1. The Morgan fingerprint density at radius 2 is 1.59 bits per heavy atom. The zero-order chi connectivity index (χ0) is 35.7. The van der Waals surface area contributed by atoms with Crippen LogP contribution in [0.2, 0.25) is 10.0 Å². The monoisotopic (exact) mass is 752 g/mol. The number of ether oxygens (including phenoxy) is 1. The number of carbonyl (C=O) groups is 3. The molecule has 0 spiro atoms. The zero-order valence-corrected chi connectivity index (χ0v) is 30.2. The molecule has 1 aromatic heterocycles. The van der Waals surface area contributed by atoms with Gasteiger partial charge in [0.15, 0.2) is 5.13 Å². The Labute approximate surface area is 312 Å². The molecule has 1 unspecified atom stereocenters. The lowest BCUT2D eigenvalue weighted by Gasteiger charge is -2.17. The average molecular weight is 754 g/mol. The number of amides is 3. The van der Waals surface area contributed by atoms with Gasteiger partial charge in [-0.3, -0.25) is 14.4 Å². The second-order valence-electron chi connectivity index (χ2n) is 11.0. The lowest BCUT2D eigenvalue weighted by atomic mass is 10.1. The maximum atomic E-state index is 13.7. The third kappa shape index (κ3) is 9.16. The van der Waals surface area contributed by atoms with Gasteiger partial charge in [0.1, 0.15) is 16.7 Å². The summed E-state index contributed by atoms with van der Waals surface area (Å²) in [6.07, 6.45) is 1.47. The molecular weight excluding hydrogens is 723 g/mol. The second-order valence-corrected chi connectivity index (χ2v) is 14.0. The quantitative estimate of drug-likeness (QED) is 0.0848. The SMILES string of the molecule is CCOc1ccc2nc(NC(=O)C(Sc3ccc(NC(=O)/C(=C/c4cccc(Cl)c4Cl)NC(=O)c4ccccc4)cc3)c3ccccc3)sc2c1. The van der Waals surface area contributed by atoms with Crippen LogP contribution in [0.5, 0.6) is 5.75 Å². The van der Waals surface area contributed by atoms with Crippen LogP contribution in [-0.4, -0.2) is 29.3 Å². The van der Waals surface area contributed by atoms with Crippen LogP contribution in [0.4, 0.5) is 10.8 Å². The molecule has 0 aliphatic carbocycles. The van der Waals surface area contributed by atoms with E-state index in [1.165, 1.54) is 29.2 Å². The van der Waals surface area contributed by atoms with Gasteiger partial charge in [0.05, 0.1) is 26.9 Å². The maximum absolute atomic E-state index is 13.7. The minimum absolute atomic E-state index is 0.0313. The summed E-state index contributed by atoms with van der Waals surface area (Å²) in [5, 5.41) is 9.00. The van der Waals surface area contributed by atoms with Crippen molar-refractivity contribution >= 4 is 91.1 Å². The van der Waals surface area contributed by atoms with Gasteiger partial charge in [-0.25, -0.2) is 4.98 Å². The van der Waals surface area contributed by atoms with Gasteiger partial charge in [-0.1, -0.05) is 95.2 Å². The van der Waals surface area contributed by atoms with Gasteiger partial charge >= 0.3 is 0 Å². The fourth-order valence-electron chi connectivity index (χ4n) is 4.97. The molecule has 6 rings (SSSR count). The van der Waals surface area contributed by atoms with Crippen molar-refractivity contribution in [1.82, 2.24) is 10.3 Å². The number of anilines is 2. The standard InChI is InChI=1S/C39H30Cl2N4O4S2/c1-2-49-28-18-21-31-33(23-28)51-39(44-31)45-38(48)35(24-10-5-3-6-11-24)50-29-19-16-27(17-20-29)42-37(47)32(22-26-14-9-15-30(40)34(26)41)43-36(46)25-12-7-4-8-13-25/h3-23,35H,2H2,1H3,(H,42,47)(H,43,46)(H,44,45,48)/b32-22-. The molecule has 0 fully saturated rings. The number of benzene rings is 5. The lowest BCUT2D eigenvalue weighted by molar-refractivity contribution is -0.116. The molecule has 5 aromatic carbocycles. The van der Waals surface area contributed by atoms with Crippen molar-refractivity contribution < 1.29 is 19.1 Å². The van der Waals surface area contributed by atoms with Crippen molar-refractivity contribution in [2.45, 2.75) is 17.1 Å². The molecule has 0 radical (unpaired) electrons. The number of rotatable bonds is 12. The molecule has 0 bridgehead atoms. The van der Waals surface area contributed by atoms with Crippen molar-refractivity contribution in [3.05, 3.63) is 154 Å². The van der Waals surface area contributed by atoms with E-state index >= 15 is 0 Å². The summed E-state index contributed by atoms with van der Waals surface area (Å²) in [4.78, 5) is 45.7. The molecule has 0 aliphatic rings. The van der Waals surface area contributed by atoms with Crippen molar-refractivity contribution in [3.63, 3.8) is 0 Å². The fourth-order valence-corrected chi connectivity index (χ4v) is 7.25. The number of nitrogens with zero attached hydrogens (tertiary/aromatic N) is 1. The largest absolute Gasteiger partial charge is 0.494 e. The Bertz CT molecular complexity index is 2210. The number of hydrogen-bond donors (Lipinski definition) is 3. The summed E-state index contributed by atoms with van der Waals surface area (Å²) >= 11 is 15.4. The Morgan fingerprint density at radius 1 is 0.863 bits per heavy atom. The Morgan fingerprint density at radius 3 is 2.31 bits per heavy atom. The van der Waals surface area contributed by atoms with E-state index in [4.69, 9.17) is 27.9 Å². The van der Waals surface area contributed by atoms with Gasteiger partial charge in [-0.2, -0.15) is 0 Å². The van der Waals surface area contributed by atoms with Gasteiger partial charge in [-0.15, -0.1) is 11.8 Å². The van der Waals surface area contributed by atoms with E-state index in [0.29, 0.717) is 33.6 Å². The summed E-state index contributed by atoms with van der Waals surface area (Å²) in [5.74, 6) is -0.510. The lowest BCUT2D eigenvalue weighted by Crippen LogP contribution is -2.30. The number of fused-ring (bicyclic) bond motifs is 1. The van der Waals surface area contributed by atoms with E-state index in [1.54, 1.807) is 60.7 Å². The number of thioether (sulfide) groups is 1. The van der Waals surface area contributed by atoms with Crippen LogP contribution in [-0.2, 0) is 9.59 Å². The predicted molar refractivity (Wildman–Crippen MR) is 208 cm³/mol. The first-order valence-corrected chi connectivity index (χ1v) is 18.2. The molecule has 6 aromatic rings. The van der Waals surface area contributed by atoms with Crippen LogP contribution in [0.15, 0.2) is 132 Å². The number of carbonyl (C=O) groups excluding carboxylic acids is 3. The highest BCUT2D eigenvalue weighted by atomic mass is 35.5. The number of nitrogens with one attached hydrogen (secondary N) is 3. The molecule has 0 saturated heterocycles. The van der Waals surface area contributed by atoms with Gasteiger partial charge in [0.25, 0.3) is 11.8 Å². The Balaban J connectivity index is 1.19. The summed E-state index contributed by atoms with van der Waals surface area (Å²) < 4.78 is 6.52. The molecule has 0 saturated carbocycles. The number of hydrogen-bond acceptors (Lipinski definition) is 7. The molecule has 8 nitrogen and oxygen atoms in total. The fraction of sp³-hybridized carbons (Fsp3) is 0.0769. The normalized spacial score (nSPS) is 11.9. The second kappa shape index (κ2) is 16.7. The highest BCUT2D eigenvalue weighted by Gasteiger charge is 2.24. The molecule has 1 heterocycles. The average Bonchev–Trinajstić information content (AvgIpc) is 3.55. The van der Waals surface area contributed by atoms with Crippen LogP contribution >= 0.6 is 46.3 Å². The third-order valence-electron chi connectivity index (χ3n) is 7.42. The van der Waals surface area contributed by atoms with Crippen LogP contribution < -0.4 is 20.7 Å². The smallest absolute Gasteiger partial charge is 0.272 e. The molecule has 3 N–H and O–H groups in total. The van der Waals surface area contributed by atoms with E-state index in [1.807, 2.05) is 67.6 Å². The molecule has 3 amide bonds. The molecule has 51 heavy (non-hydrogen) atoms. The molecular formula is C39H30Cl2N4O4S2. The van der Waals surface area contributed by atoms with E-state index in [0.717, 1.165) is 26.4 Å². The number of aromatic nitrogens is 1. The third-order valence-corrected chi connectivity index (χ3v) is 10.5. The van der Waals surface area contributed by atoms with Crippen molar-refractivity contribution in [2.75, 3.05) is 17.2 Å². The number of halogens is 2. The molecule has 256 valence electrons. The first-order chi connectivity index (χ1) is 24.8. The minimum Gasteiger partial charge on any atom is -0.494 e. The first kappa shape index (κ1) is 35.7. The van der Waals surface area contributed by atoms with E-state index in [2.05, 4.69) is 20.9 Å². The van der Waals surface area contributed by atoms with Gasteiger partial charge in [0, 0.05) is 16.1 Å². The predicted octanol–water partition coefficient (Wildman–Crippen LogP) is 9.88. The molecule has 0 aliphatic heterocycles. The Kier molecular flexibility index (Phi) is 11.7. The van der Waals surface area contributed by atoms with Gasteiger partial charge in [0.2, 0.25) is 5.91 Å². The van der Waals surface area contributed by atoms with E-state index in [-0.39, 0.29) is 16.6 Å². The van der Waals surface area contributed by atoms with E-state index in [9.17, 15) is 14.4 Å². The zero-order valence-electron chi connectivity index (χ0n) is 27.1. The maximum Gasteiger partial charge on any atom is 0.272 e. The summed E-state index contributed by atoms with van der Waals surface area (Å²) in [6, 6.07) is 35.8. The molecule has 12 heteroatoms. The van der Waals surface area contributed by atoms with Crippen molar-refractivity contribution in [1.29, 1.82) is 0 Å². The highest BCUT2D eigenvalue weighted by molar-refractivity contribution is 8.00. The first-order valence-electron chi connectivity index (χ1n) is 15.8. The van der Waals surface area contributed by atoms with Crippen LogP contribution in [0, 0.1) is 0 Å². The van der Waals surface area contributed by atoms with Crippen LogP contribution in [0.25, 0.3) is 16.3 Å². The van der Waals surface area contributed by atoms with Crippen LogP contribution in [0.1, 0.15) is 33.7 Å². The van der Waals surface area contributed by atoms with E-state index < -0.39 is 17.1 Å². The minimum atomic E-state index is -0.595. The molecule has 1 atom stereocenters. The van der Waals surface area contributed by atoms with Gasteiger partial charge in [-0.05, 0) is 84.8 Å². The van der Waals surface area contributed by atoms with Crippen molar-refractivity contribution in [2.24, 2.45) is 0 Å². The highest BCUT2D eigenvalue weighted by Crippen LogP contribution is 2.38. The summed E-state index contributed by atoms with van der Waals surface area (Å²) in [7, 11) is 0. The topological polar surface area (TPSA) is 109 Å². The Hall–Kier alpha value is -5.13. The summed E-state index contributed by atoms with van der Waals surface area (Å²) in [5.41, 5.74) is 2.87. The van der Waals surface area contributed by atoms with Gasteiger partial charge < -0.3 is 20.7 Å². The van der Waals surface area contributed by atoms with Crippen molar-refractivity contribution in [3.8, 4) is 5.75 Å². The van der Waals surface area contributed by atoms with Crippen LogP contribution in [0.3, 0.4) is 0 Å².